The van der Waals surface area contributed by atoms with Crippen molar-refractivity contribution < 1.29 is 0 Å². The molecule has 132 valence electrons. The molecule has 0 saturated heterocycles. The minimum atomic E-state index is 0.741. The molecule has 3 nitrogen and oxygen atoms in total. The van der Waals surface area contributed by atoms with Gasteiger partial charge >= 0.3 is 0 Å². The Kier molecular flexibility index (Phi) is 3.34. The summed E-state index contributed by atoms with van der Waals surface area (Å²) in [6, 6.07) is 25.3. The van der Waals surface area contributed by atoms with E-state index < -0.39 is 0 Å². The number of aromatic nitrogens is 3. The zero-order valence-corrected chi connectivity index (χ0v) is 15.7. The monoisotopic (exact) mass is 377 g/mol. The van der Waals surface area contributed by atoms with Crippen LogP contribution in [0.15, 0.2) is 90.6 Å². The Balaban J connectivity index is 1.63. The van der Waals surface area contributed by atoms with Crippen LogP contribution < -0.4 is 0 Å². The summed E-state index contributed by atoms with van der Waals surface area (Å²) in [6.07, 6.45) is 3.83. The van der Waals surface area contributed by atoms with Gasteiger partial charge in [0.15, 0.2) is 5.82 Å². The number of fused-ring (bicyclic) bond motifs is 5. The molecule has 6 aromatic rings. The fourth-order valence-corrected chi connectivity index (χ4v) is 4.76. The molecule has 0 aliphatic carbocycles. The molecule has 0 unspecified atom stereocenters. The number of para-hydroxylation sites is 1. The van der Waals surface area contributed by atoms with E-state index in [1.165, 1.54) is 31.9 Å². The van der Waals surface area contributed by atoms with Crippen molar-refractivity contribution >= 4 is 43.2 Å². The maximum atomic E-state index is 4.64. The van der Waals surface area contributed by atoms with Gasteiger partial charge in [-0.2, -0.15) is 0 Å². The molecule has 0 aliphatic heterocycles. The first-order valence-corrected chi connectivity index (χ1v) is 10.1. The molecule has 6 rings (SSSR count). The summed E-state index contributed by atoms with van der Waals surface area (Å²) in [7, 11) is 0. The van der Waals surface area contributed by atoms with Crippen LogP contribution in [-0.4, -0.2) is 14.5 Å². The molecule has 0 fully saturated rings. The van der Waals surface area contributed by atoms with Crippen LogP contribution in [0.1, 0.15) is 0 Å². The van der Waals surface area contributed by atoms with Crippen LogP contribution in [0.25, 0.3) is 49.0 Å². The van der Waals surface area contributed by atoms with Gasteiger partial charge in [-0.15, -0.1) is 11.3 Å². The van der Waals surface area contributed by atoms with E-state index in [4.69, 9.17) is 0 Å². The number of benzene rings is 3. The lowest BCUT2D eigenvalue weighted by atomic mass is 10.1. The lowest BCUT2D eigenvalue weighted by Crippen LogP contribution is -1.97. The predicted molar refractivity (Wildman–Crippen MR) is 117 cm³/mol. The largest absolute Gasteiger partial charge is 0.306 e. The SMILES string of the molecule is c1ccc(-c2ncc(-n3c4ccccc4c4c5ccsc5ccc43)cn2)cc1. The summed E-state index contributed by atoms with van der Waals surface area (Å²) in [6.45, 7) is 0. The number of rotatable bonds is 2. The number of nitrogens with zero attached hydrogens (tertiary/aromatic N) is 3. The van der Waals surface area contributed by atoms with E-state index in [2.05, 4.69) is 62.4 Å². The zero-order valence-electron chi connectivity index (χ0n) is 14.9. The normalized spacial score (nSPS) is 11.6. The highest BCUT2D eigenvalue weighted by molar-refractivity contribution is 7.17. The molecule has 3 heterocycles. The third-order valence-electron chi connectivity index (χ3n) is 5.20. The molecular weight excluding hydrogens is 362 g/mol. The fourth-order valence-electron chi connectivity index (χ4n) is 3.96. The van der Waals surface area contributed by atoms with Gasteiger partial charge in [0, 0.05) is 26.4 Å². The van der Waals surface area contributed by atoms with E-state index in [1.807, 2.05) is 42.7 Å². The maximum Gasteiger partial charge on any atom is 0.159 e. The molecule has 0 bridgehead atoms. The van der Waals surface area contributed by atoms with Crippen LogP contribution in [0.4, 0.5) is 0 Å². The van der Waals surface area contributed by atoms with E-state index >= 15 is 0 Å². The van der Waals surface area contributed by atoms with E-state index in [0.29, 0.717) is 0 Å². The van der Waals surface area contributed by atoms with Crippen LogP contribution in [0.2, 0.25) is 0 Å². The molecule has 28 heavy (non-hydrogen) atoms. The fraction of sp³-hybridized carbons (Fsp3) is 0. The molecule has 0 N–H and O–H groups in total. The second-order valence-corrected chi connectivity index (χ2v) is 7.72. The van der Waals surface area contributed by atoms with Gasteiger partial charge in [-0.3, -0.25) is 0 Å². The van der Waals surface area contributed by atoms with Gasteiger partial charge in [-0.1, -0.05) is 48.5 Å². The van der Waals surface area contributed by atoms with Gasteiger partial charge in [0.2, 0.25) is 0 Å². The summed E-state index contributed by atoms with van der Waals surface area (Å²) in [5, 5.41) is 6.02. The minimum absolute atomic E-state index is 0.741. The number of thiophene rings is 1. The summed E-state index contributed by atoms with van der Waals surface area (Å²) in [5.74, 6) is 0.741. The van der Waals surface area contributed by atoms with Crippen molar-refractivity contribution in [3.63, 3.8) is 0 Å². The summed E-state index contributed by atoms with van der Waals surface area (Å²) in [5.41, 5.74) is 4.35. The molecule has 0 amide bonds. The van der Waals surface area contributed by atoms with Crippen molar-refractivity contribution in [2.45, 2.75) is 0 Å². The second-order valence-electron chi connectivity index (χ2n) is 6.78. The molecule has 4 heteroatoms. The highest BCUT2D eigenvalue weighted by atomic mass is 32.1. The van der Waals surface area contributed by atoms with Gasteiger partial charge in [-0.25, -0.2) is 9.97 Å². The third-order valence-corrected chi connectivity index (χ3v) is 6.08. The number of hydrogen-bond acceptors (Lipinski definition) is 3. The van der Waals surface area contributed by atoms with Crippen molar-refractivity contribution in [2.24, 2.45) is 0 Å². The van der Waals surface area contributed by atoms with Crippen LogP contribution in [0, 0.1) is 0 Å². The van der Waals surface area contributed by atoms with Gasteiger partial charge in [-0.05, 0) is 29.6 Å². The lowest BCUT2D eigenvalue weighted by molar-refractivity contribution is 1.08. The molecule has 0 aliphatic rings. The average molecular weight is 377 g/mol. The summed E-state index contributed by atoms with van der Waals surface area (Å²) < 4.78 is 3.57. The molecule has 0 atom stereocenters. The van der Waals surface area contributed by atoms with Crippen molar-refractivity contribution in [3.05, 3.63) is 90.6 Å². The third kappa shape index (κ3) is 2.22. The quantitative estimate of drug-likeness (QED) is 0.347. The van der Waals surface area contributed by atoms with Crippen molar-refractivity contribution in [1.82, 2.24) is 14.5 Å². The molecule has 0 spiro atoms. The Morgan fingerprint density at radius 2 is 1.46 bits per heavy atom. The van der Waals surface area contributed by atoms with Crippen molar-refractivity contribution in [2.75, 3.05) is 0 Å². The molecule has 0 saturated carbocycles. The lowest BCUT2D eigenvalue weighted by Gasteiger charge is -2.08. The molecule has 3 aromatic carbocycles. The van der Waals surface area contributed by atoms with Gasteiger partial charge in [0.25, 0.3) is 0 Å². The van der Waals surface area contributed by atoms with E-state index in [-0.39, 0.29) is 0 Å². The molecule has 0 radical (unpaired) electrons. The standard InChI is InChI=1S/C24H15N3S/c1-2-6-16(7-3-1)24-25-14-17(15-26-24)27-20-9-5-4-8-18(20)23-19-12-13-28-22(19)11-10-21(23)27/h1-15H. The Labute approximate surface area is 165 Å². The molecular formula is C24H15N3S. The Morgan fingerprint density at radius 1 is 0.679 bits per heavy atom. The van der Waals surface area contributed by atoms with Crippen molar-refractivity contribution in [1.29, 1.82) is 0 Å². The second kappa shape index (κ2) is 6.01. The first-order chi connectivity index (χ1) is 13.9. The highest BCUT2D eigenvalue weighted by Gasteiger charge is 2.15. The van der Waals surface area contributed by atoms with Gasteiger partial charge in [0.05, 0.1) is 29.1 Å². The Morgan fingerprint density at radius 3 is 2.32 bits per heavy atom. The minimum Gasteiger partial charge on any atom is -0.306 e. The van der Waals surface area contributed by atoms with Crippen molar-refractivity contribution in [3.8, 4) is 17.1 Å². The predicted octanol–water partition coefficient (Wildman–Crippen LogP) is 6.46. The first kappa shape index (κ1) is 15.5. The van der Waals surface area contributed by atoms with Crippen LogP contribution in [-0.2, 0) is 0 Å². The highest BCUT2D eigenvalue weighted by Crippen LogP contribution is 2.38. The zero-order chi connectivity index (χ0) is 18.5. The van der Waals surface area contributed by atoms with E-state index in [9.17, 15) is 0 Å². The van der Waals surface area contributed by atoms with Crippen LogP contribution >= 0.6 is 11.3 Å². The van der Waals surface area contributed by atoms with Crippen LogP contribution in [0.3, 0.4) is 0 Å². The van der Waals surface area contributed by atoms with Crippen LogP contribution in [0.5, 0.6) is 0 Å². The Hall–Kier alpha value is -3.50. The van der Waals surface area contributed by atoms with Gasteiger partial charge < -0.3 is 4.57 Å². The smallest absolute Gasteiger partial charge is 0.159 e. The summed E-state index contributed by atoms with van der Waals surface area (Å²) >= 11 is 1.78. The first-order valence-electron chi connectivity index (χ1n) is 9.17. The number of hydrogen-bond donors (Lipinski definition) is 0. The van der Waals surface area contributed by atoms with E-state index in [1.54, 1.807) is 11.3 Å². The Bertz CT molecular complexity index is 1440. The summed E-state index contributed by atoms with van der Waals surface area (Å²) in [4.78, 5) is 9.28. The van der Waals surface area contributed by atoms with Gasteiger partial charge in [0.1, 0.15) is 0 Å². The topological polar surface area (TPSA) is 30.7 Å². The molecule has 3 aromatic heterocycles. The van der Waals surface area contributed by atoms with E-state index in [0.717, 1.165) is 17.1 Å². The maximum absolute atomic E-state index is 4.64. The average Bonchev–Trinajstić information content (AvgIpc) is 3.36.